The molecule has 0 amide bonds. The summed E-state index contributed by atoms with van der Waals surface area (Å²) in [5.74, 6) is 1.17. The van der Waals surface area contributed by atoms with Crippen LogP contribution in [0.1, 0.15) is 11.4 Å². The molecule has 0 fully saturated rings. The molecule has 29 heavy (non-hydrogen) atoms. The first-order chi connectivity index (χ1) is 14.1. The third kappa shape index (κ3) is 2.10. The summed E-state index contributed by atoms with van der Waals surface area (Å²) in [5.41, 5.74) is 6.60. The van der Waals surface area contributed by atoms with Gasteiger partial charge < -0.3 is 4.42 Å². The highest BCUT2D eigenvalue weighted by Crippen LogP contribution is 2.38. The molecule has 0 atom stereocenters. The van der Waals surface area contributed by atoms with Gasteiger partial charge >= 0.3 is 0 Å². The van der Waals surface area contributed by atoms with Crippen molar-refractivity contribution in [1.29, 1.82) is 0 Å². The molecule has 0 aliphatic carbocycles. The summed E-state index contributed by atoms with van der Waals surface area (Å²) >= 11 is 0. The van der Waals surface area contributed by atoms with Gasteiger partial charge in [0, 0.05) is 17.7 Å². The summed E-state index contributed by atoms with van der Waals surface area (Å²) in [4.78, 5) is 0. The number of hydrogen-bond donors (Lipinski definition) is 0. The quantitative estimate of drug-likeness (QED) is 0.316. The second kappa shape index (κ2) is 5.71. The van der Waals surface area contributed by atoms with Crippen molar-refractivity contribution in [2.45, 2.75) is 13.8 Å². The number of imidazole rings is 1. The number of para-hydroxylation sites is 1. The Bertz CT molecular complexity index is 1580. The minimum atomic E-state index is 0.934. The molecule has 6 rings (SSSR count). The van der Waals surface area contributed by atoms with E-state index in [2.05, 4.69) is 103 Å². The standard InChI is InChI=1S/C26H21N2O/c1-16-8-4-7-11-21(16)28-17(2)27(3)22-14-13-20-24-19-10-6-5-9-18(19)12-15-23(24)29-26(20)25(22)28/h4-15H,1-3H3/q+1. The van der Waals surface area contributed by atoms with Crippen LogP contribution in [0.5, 0.6) is 0 Å². The Morgan fingerprint density at radius 3 is 2.45 bits per heavy atom. The molecule has 4 aromatic carbocycles. The van der Waals surface area contributed by atoms with E-state index in [1.807, 2.05) is 0 Å². The van der Waals surface area contributed by atoms with Gasteiger partial charge in [-0.3, -0.25) is 0 Å². The summed E-state index contributed by atoms with van der Waals surface area (Å²) < 4.78 is 11.1. The Morgan fingerprint density at radius 2 is 1.59 bits per heavy atom. The second-order valence-electron chi connectivity index (χ2n) is 7.80. The SMILES string of the molecule is Cc1ccccc1-n1c(C)[n+](C)c2ccc3c(oc4ccc5ccccc5c43)c21. The van der Waals surface area contributed by atoms with Gasteiger partial charge in [-0.05, 0) is 47.5 Å². The fraction of sp³-hybridized carbons (Fsp3) is 0.115. The van der Waals surface area contributed by atoms with E-state index in [0.29, 0.717) is 0 Å². The molecule has 0 aliphatic rings. The molecule has 0 saturated carbocycles. The van der Waals surface area contributed by atoms with E-state index >= 15 is 0 Å². The van der Waals surface area contributed by atoms with Gasteiger partial charge in [-0.1, -0.05) is 48.5 Å². The van der Waals surface area contributed by atoms with Crippen LogP contribution in [0.15, 0.2) is 77.2 Å². The van der Waals surface area contributed by atoms with Crippen molar-refractivity contribution in [3.8, 4) is 5.69 Å². The predicted molar refractivity (Wildman–Crippen MR) is 119 cm³/mol. The Kier molecular flexibility index (Phi) is 3.22. The average molecular weight is 377 g/mol. The van der Waals surface area contributed by atoms with Crippen molar-refractivity contribution >= 4 is 43.7 Å². The summed E-state index contributed by atoms with van der Waals surface area (Å²) in [6.07, 6.45) is 0. The molecular formula is C26H21N2O+. The van der Waals surface area contributed by atoms with E-state index in [4.69, 9.17) is 4.42 Å². The topological polar surface area (TPSA) is 21.9 Å². The average Bonchev–Trinajstić information content (AvgIpc) is 3.25. The second-order valence-corrected chi connectivity index (χ2v) is 7.80. The van der Waals surface area contributed by atoms with Crippen molar-refractivity contribution in [1.82, 2.24) is 4.57 Å². The van der Waals surface area contributed by atoms with Crippen LogP contribution in [0.25, 0.3) is 49.4 Å². The molecule has 0 spiro atoms. The zero-order valence-electron chi connectivity index (χ0n) is 16.7. The first-order valence-corrected chi connectivity index (χ1v) is 9.95. The van der Waals surface area contributed by atoms with Crippen LogP contribution in [0.2, 0.25) is 0 Å². The zero-order valence-corrected chi connectivity index (χ0v) is 16.7. The van der Waals surface area contributed by atoms with Crippen molar-refractivity contribution in [3.63, 3.8) is 0 Å². The molecule has 0 unspecified atom stereocenters. The zero-order chi connectivity index (χ0) is 19.7. The van der Waals surface area contributed by atoms with Crippen LogP contribution >= 0.6 is 0 Å². The van der Waals surface area contributed by atoms with Gasteiger partial charge in [0.2, 0.25) is 5.52 Å². The molecule has 2 heterocycles. The molecule has 0 aliphatic heterocycles. The molecule has 6 aromatic rings. The van der Waals surface area contributed by atoms with Crippen LogP contribution in [0, 0.1) is 13.8 Å². The monoisotopic (exact) mass is 377 g/mol. The molecule has 0 saturated heterocycles. The lowest BCUT2D eigenvalue weighted by molar-refractivity contribution is -0.652. The highest BCUT2D eigenvalue weighted by Gasteiger charge is 2.27. The third-order valence-electron chi connectivity index (χ3n) is 6.23. The maximum absolute atomic E-state index is 6.51. The Morgan fingerprint density at radius 1 is 0.793 bits per heavy atom. The molecule has 0 radical (unpaired) electrons. The summed E-state index contributed by atoms with van der Waals surface area (Å²) in [7, 11) is 2.12. The normalized spacial score (nSPS) is 12.0. The van der Waals surface area contributed by atoms with Crippen LogP contribution in [-0.2, 0) is 7.05 Å². The van der Waals surface area contributed by atoms with Crippen LogP contribution in [-0.4, -0.2) is 4.57 Å². The number of aromatic nitrogens is 2. The molecule has 2 aromatic heterocycles. The lowest BCUT2D eigenvalue weighted by Gasteiger charge is -2.03. The highest BCUT2D eigenvalue weighted by atomic mass is 16.3. The van der Waals surface area contributed by atoms with Crippen LogP contribution < -0.4 is 4.57 Å². The van der Waals surface area contributed by atoms with E-state index in [-0.39, 0.29) is 0 Å². The Labute approximate surface area is 168 Å². The number of benzene rings is 4. The predicted octanol–water partition coefficient (Wildman–Crippen LogP) is 6.12. The highest BCUT2D eigenvalue weighted by molar-refractivity contribution is 6.22. The van der Waals surface area contributed by atoms with E-state index in [1.165, 1.54) is 38.8 Å². The molecule has 140 valence electrons. The minimum Gasteiger partial charge on any atom is -0.451 e. The Balaban J connectivity index is 1.86. The lowest BCUT2D eigenvalue weighted by atomic mass is 10.0. The van der Waals surface area contributed by atoms with Crippen LogP contribution in [0.3, 0.4) is 0 Å². The van der Waals surface area contributed by atoms with Gasteiger partial charge in [0.1, 0.15) is 11.3 Å². The smallest absolute Gasteiger partial charge is 0.259 e. The van der Waals surface area contributed by atoms with Gasteiger partial charge in [0.25, 0.3) is 5.82 Å². The van der Waals surface area contributed by atoms with Gasteiger partial charge in [-0.15, -0.1) is 0 Å². The van der Waals surface area contributed by atoms with Gasteiger partial charge in [-0.25, -0.2) is 4.57 Å². The maximum Gasteiger partial charge on any atom is 0.259 e. The molecule has 0 bridgehead atoms. The largest absolute Gasteiger partial charge is 0.451 e. The van der Waals surface area contributed by atoms with Crippen molar-refractivity contribution < 1.29 is 8.98 Å². The van der Waals surface area contributed by atoms with E-state index in [9.17, 15) is 0 Å². The Hall–Kier alpha value is -3.59. The summed E-state index contributed by atoms with van der Waals surface area (Å²) in [5, 5.41) is 4.83. The number of rotatable bonds is 1. The van der Waals surface area contributed by atoms with Gasteiger partial charge in [-0.2, -0.15) is 4.57 Å². The molecule has 3 heteroatoms. The maximum atomic E-state index is 6.51. The van der Waals surface area contributed by atoms with Crippen molar-refractivity contribution in [2.75, 3.05) is 0 Å². The first-order valence-electron chi connectivity index (χ1n) is 9.95. The number of aryl methyl sites for hydroxylation is 2. The molecule has 3 nitrogen and oxygen atoms in total. The van der Waals surface area contributed by atoms with Crippen molar-refractivity contribution in [3.05, 3.63) is 84.2 Å². The van der Waals surface area contributed by atoms with E-state index in [1.54, 1.807) is 0 Å². The van der Waals surface area contributed by atoms with Gasteiger partial charge in [0.15, 0.2) is 11.1 Å². The number of nitrogens with zero attached hydrogens (tertiary/aromatic N) is 2. The number of furan rings is 1. The molecular weight excluding hydrogens is 356 g/mol. The lowest BCUT2D eigenvalue weighted by Crippen LogP contribution is -2.30. The third-order valence-corrected chi connectivity index (χ3v) is 6.23. The number of fused-ring (bicyclic) bond motifs is 7. The summed E-state index contributed by atoms with van der Waals surface area (Å²) in [6, 6.07) is 25.7. The van der Waals surface area contributed by atoms with E-state index < -0.39 is 0 Å². The van der Waals surface area contributed by atoms with Crippen molar-refractivity contribution in [2.24, 2.45) is 7.05 Å². The van der Waals surface area contributed by atoms with Crippen LogP contribution in [0.4, 0.5) is 0 Å². The van der Waals surface area contributed by atoms with E-state index in [0.717, 1.165) is 22.1 Å². The fourth-order valence-corrected chi connectivity index (χ4v) is 4.67. The summed E-state index contributed by atoms with van der Waals surface area (Å²) in [6.45, 7) is 4.32. The number of hydrogen-bond acceptors (Lipinski definition) is 1. The minimum absolute atomic E-state index is 0.934. The first kappa shape index (κ1) is 16.4. The van der Waals surface area contributed by atoms with Gasteiger partial charge in [0.05, 0.1) is 7.05 Å². The molecule has 0 N–H and O–H groups in total. The fourth-order valence-electron chi connectivity index (χ4n) is 4.67.